The van der Waals surface area contributed by atoms with E-state index in [-0.39, 0.29) is 24.7 Å². The standard InChI is InChI=1S/C10H15NO4/c1-2-4-7(10(14)15)11-8(12)5-3-6-9(11)13/h7H,2-6H2,1H3,(H,14,15). The van der Waals surface area contributed by atoms with Crippen LogP contribution in [0, 0.1) is 0 Å². The van der Waals surface area contributed by atoms with Crippen molar-refractivity contribution >= 4 is 17.8 Å². The fraction of sp³-hybridized carbons (Fsp3) is 0.700. The van der Waals surface area contributed by atoms with Gasteiger partial charge in [-0.3, -0.25) is 14.5 Å². The van der Waals surface area contributed by atoms with Crippen LogP contribution >= 0.6 is 0 Å². The summed E-state index contributed by atoms with van der Waals surface area (Å²) in [4.78, 5) is 34.8. The first-order valence-electron chi connectivity index (χ1n) is 5.15. The molecule has 1 aliphatic rings. The number of carboxylic acids is 1. The third-order valence-corrected chi connectivity index (χ3v) is 2.48. The van der Waals surface area contributed by atoms with E-state index in [4.69, 9.17) is 5.11 Å². The summed E-state index contributed by atoms with van der Waals surface area (Å²) in [6.07, 6.45) is 2.05. The van der Waals surface area contributed by atoms with Gasteiger partial charge in [0.05, 0.1) is 0 Å². The number of piperidine rings is 1. The Bertz CT molecular complexity index is 271. The lowest BCUT2D eigenvalue weighted by Crippen LogP contribution is -2.50. The molecule has 1 aliphatic heterocycles. The lowest BCUT2D eigenvalue weighted by molar-refractivity contribution is -0.160. The van der Waals surface area contributed by atoms with E-state index < -0.39 is 12.0 Å². The second kappa shape index (κ2) is 4.91. The van der Waals surface area contributed by atoms with Gasteiger partial charge in [0.2, 0.25) is 11.8 Å². The van der Waals surface area contributed by atoms with Crippen molar-refractivity contribution in [3.63, 3.8) is 0 Å². The van der Waals surface area contributed by atoms with Gasteiger partial charge in [0.25, 0.3) is 0 Å². The van der Waals surface area contributed by atoms with Crippen LogP contribution in [0.3, 0.4) is 0 Å². The molecule has 0 radical (unpaired) electrons. The average Bonchev–Trinajstić information content (AvgIpc) is 2.15. The molecule has 5 nitrogen and oxygen atoms in total. The maximum atomic E-state index is 11.5. The van der Waals surface area contributed by atoms with E-state index in [1.165, 1.54) is 0 Å². The number of carbonyl (C=O) groups is 3. The van der Waals surface area contributed by atoms with Crippen molar-refractivity contribution in [2.24, 2.45) is 0 Å². The summed E-state index contributed by atoms with van der Waals surface area (Å²) >= 11 is 0. The maximum Gasteiger partial charge on any atom is 0.326 e. The molecule has 0 saturated carbocycles. The minimum absolute atomic E-state index is 0.277. The molecule has 1 fully saturated rings. The Morgan fingerprint density at radius 3 is 2.33 bits per heavy atom. The lowest BCUT2D eigenvalue weighted by Gasteiger charge is -2.30. The third-order valence-electron chi connectivity index (χ3n) is 2.48. The number of aliphatic carboxylic acids is 1. The summed E-state index contributed by atoms with van der Waals surface area (Å²) in [5.74, 6) is -1.81. The topological polar surface area (TPSA) is 74.7 Å². The van der Waals surface area contributed by atoms with E-state index in [2.05, 4.69) is 0 Å². The Morgan fingerprint density at radius 1 is 1.40 bits per heavy atom. The number of nitrogens with zero attached hydrogens (tertiary/aromatic N) is 1. The minimum atomic E-state index is -1.10. The second-order valence-corrected chi connectivity index (χ2v) is 3.65. The van der Waals surface area contributed by atoms with E-state index >= 15 is 0 Å². The molecular weight excluding hydrogens is 198 g/mol. The summed E-state index contributed by atoms with van der Waals surface area (Å²) in [6, 6.07) is -0.977. The van der Waals surface area contributed by atoms with Gasteiger partial charge in [-0.15, -0.1) is 0 Å². The molecule has 1 saturated heterocycles. The highest BCUT2D eigenvalue weighted by atomic mass is 16.4. The van der Waals surface area contributed by atoms with Crippen molar-refractivity contribution in [3.8, 4) is 0 Å². The fourth-order valence-electron chi connectivity index (χ4n) is 1.75. The molecule has 0 aromatic rings. The average molecular weight is 213 g/mol. The summed E-state index contributed by atoms with van der Waals surface area (Å²) < 4.78 is 0. The lowest BCUT2D eigenvalue weighted by atomic mass is 10.0. The predicted molar refractivity (Wildman–Crippen MR) is 52.0 cm³/mol. The Labute approximate surface area is 88.1 Å². The van der Waals surface area contributed by atoms with Crippen LogP contribution in [-0.2, 0) is 14.4 Å². The van der Waals surface area contributed by atoms with Crippen LogP contribution in [0.5, 0.6) is 0 Å². The predicted octanol–water partition coefficient (Wildman–Crippen LogP) is 0.779. The summed E-state index contributed by atoms with van der Waals surface area (Å²) in [7, 11) is 0. The number of hydrogen-bond acceptors (Lipinski definition) is 3. The van der Waals surface area contributed by atoms with E-state index in [0.717, 1.165) is 4.90 Å². The monoisotopic (exact) mass is 213 g/mol. The summed E-state index contributed by atoms with van der Waals surface area (Å²) in [6.45, 7) is 1.83. The van der Waals surface area contributed by atoms with Gasteiger partial charge in [-0.1, -0.05) is 13.3 Å². The zero-order valence-electron chi connectivity index (χ0n) is 8.73. The van der Waals surface area contributed by atoms with Crippen molar-refractivity contribution in [2.45, 2.75) is 45.1 Å². The molecule has 1 atom stereocenters. The van der Waals surface area contributed by atoms with Crippen LogP contribution < -0.4 is 0 Å². The Morgan fingerprint density at radius 2 is 1.93 bits per heavy atom. The number of likely N-dealkylation sites (tertiary alicyclic amines) is 1. The van der Waals surface area contributed by atoms with Gasteiger partial charge < -0.3 is 5.11 Å². The van der Waals surface area contributed by atoms with Crippen molar-refractivity contribution < 1.29 is 19.5 Å². The summed E-state index contributed by atoms with van der Waals surface area (Å²) in [5.41, 5.74) is 0. The van der Waals surface area contributed by atoms with E-state index in [1.54, 1.807) is 0 Å². The molecule has 2 amide bonds. The Hall–Kier alpha value is -1.39. The SMILES string of the molecule is CCCC(C(=O)O)N1C(=O)CCCC1=O. The first-order valence-corrected chi connectivity index (χ1v) is 5.15. The van der Waals surface area contributed by atoms with Crippen LogP contribution in [0.25, 0.3) is 0 Å². The van der Waals surface area contributed by atoms with Crippen LogP contribution in [0.15, 0.2) is 0 Å². The molecule has 0 aromatic carbocycles. The van der Waals surface area contributed by atoms with Gasteiger partial charge in [0.1, 0.15) is 6.04 Å². The van der Waals surface area contributed by atoms with Gasteiger partial charge in [0.15, 0.2) is 0 Å². The molecule has 0 aliphatic carbocycles. The first kappa shape index (κ1) is 11.7. The zero-order chi connectivity index (χ0) is 11.4. The molecule has 15 heavy (non-hydrogen) atoms. The molecule has 0 bridgehead atoms. The second-order valence-electron chi connectivity index (χ2n) is 3.65. The molecule has 5 heteroatoms. The molecule has 0 aromatic heterocycles. The van der Waals surface area contributed by atoms with E-state index in [1.807, 2.05) is 6.92 Å². The largest absolute Gasteiger partial charge is 0.480 e. The number of rotatable bonds is 4. The highest BCUT2D eigenvalue weighted by molar-refractivity contribution is 6.01. The van der Waals surface area contributed by atoms with Crippen LogP contribution in [-0.4, -0.2) is 33.8 Å². The van der Waals surface area contributed by atoms with Crippen molar-refractivity contribution in [1.29, 1.82) is 0 Å². The minimum Gasteiger partial charge on any atom is -0.480 e. The third kappa shape index (κ3) is 2.55. The number of amides is 2. The van der Waals surface area contributed by atoms with Crippen molar-refractivity contribution in [3.05, 3.63) is 0 Å². The highest BCUT2D eigenvalue weighted by Crippen LogP contribution is 2.18. The number of hydrogen-bond donors (Lipinski definition) is 1. The van der Waals surface area contributed by atoms with Gasteiger partial charge in [-0.05, 0) is 12.8 Å². The van der Waals surface area contributed by atoms with E-state index in [0.29, 0.717) is 19.3 Å². The molecule has 1 N–H and O–H groups in total. The number of carbonyl (C=O) groups excluding carboxylic acids is 2. The Balaban J connectivity index is 2.83. The van der Waals surface area contributed by atoms with Crippen molar-refractivity contribution in [2.75, 3.05) is 0 Å². The number of imide groups is 1. The van der Waals surface area contributed by atoms with Gasteiger partial charge in [-0.2, -0.15) is 0 Å². The first-order chi connectivity index (χ1) is 7.07. The molecule has 0 spiro atoms. The summed E-state index contributed by atoms with van der Waals surface area (Å²) in [5, 5.41) is 8.95. The number of carboxylic acid groups (broad SMARTS) is 1. The van der Waals surface area contributed by atoms with Gasteiger partial charge in [-0.25, -0.2) is 4.79 Å². The zero-order valence-corrected chi connectivity index (χ0v) is 8.73. The Kier molecular flexibility index (Phi) is 3.82. The van der Waals surface area contributed by atoms with Crippen LogP contribution in [0.2, 0.25) is 0 Å². The van der Waals surface area contributed by atoms with Crippen molar-refractivity contribution in [1.82, 2.24) is 4.90 Å². The fourth-order valence-corrected chi connectivity index (χ4v) is 1.75. The molecule has 84 valence electrons. The maximum absolute atomic E-state index is 11.5. The molecule has 1 unspecified atom stereocenters. The quantitative estimate of drug-likeness (QED) is 0.700. The van der Waals surface area contributed by atoms with Crippen LogP contribution in [0.1, 0.15) is 39.0 Å². The molecule has 1 heterocycles. The van der Waals surface area contributed by atoms with Crippen LogP contribution in [0.4, 0.5) is 0 Å². The molecule has 1 rings (SSSR count). The molecular formula is C10H15NO4. The smallest absolute Gasteiger partial charge is 0.326 e. The van der Waals surface area contributed by atoms with Gasteiger partial charge >= 0.3 is 5.97 Å². The van der Waals surface area contributed by atoms with E-state index in [9.17, 15) is 14.4 Å². The van der Waals surface area contributed by atoms with Gasteiger partial charge in [0, 0.05) is 12.8 Å². The normalized spacial score (nSPS) is 19.1. The highest BCUT2D eigenvalue weighted by Gasteiger charge is 2.35.